The number of amides is 2. The number of nitrogens with zero attached hydrogens (tertiary/aromatic N) is 1. The molecule has 0 saturated carbocycles. The van der Waals surface area contributed by atoms with E-state index in [1.165, 1.54) is 0 Å². The quantitative estimate of drug-likeness (QED) is 0.565. The highest BCUT2D eigenvalue weighted by Gasteiger charge is 2.15. The lowest BCUT2D eigenvalue weighted by atomic mass is 10.1. The monoisotopic (exact) mass is 371 g/mol. The van der Waals surface area contributed by atoms with E-state index in [1.807, 2.05) is 24.3 Å². The summed E-state index contributed by atoms with van der Waals surface area (Å²) in [5, 5.41) is 6.17. The molecule has 0 aliphatic rings. The van der Waals surface area contributed by atoms with Crippen LogP contribution in [0.1, 0.15) is 20.7 Å². The van der Waals surface area contributed by atoms with Gasteiger partial charge in [-0.15, -0.1) is 0 Å². The molecule has 0 saturated heterocycles. The molecule has 4 aromatic rings. The zero-order valence-electron chi connectivity index (χ0n) is 15.1. The van der Waals surface area contributed by atoms with Gasteiger partial charge in [0.25, 0.3) is 11.8 Å². The van der Waals surface area contributed by atoms with Crippen molar-refractivity contribution in [2.24, 2.45) is 0 Å². The minimum Gasteiger partial charge on any atom is -0.463 e. The Bertz CT molecular complexity index is 1170. The lowest BCUT2D eigenvalue weighted by Crippen LogP contribution is -2.18. The van der Waals surface area contributed by atoms with Crippen LogP contribution in [-0.4, -0.2) is 23.8 Å². The largest absolute Gasteiger partial charge is 0.463 e. The van der Waals surface area contributed by atoms with Gasteiger partial charge in [0.2, 0.25) is 0 Å². The number of furan rings is 1. The summed E-state index contributed by atoms with van der Waals surface area (Å²) in [7, 11) is 1.56. The van der Waals surface area contributed by atoms with Crippen LogP contribution < -0.4 is 10.6 Å². The van der Waals surface area contributed by atoms with Crippen LogP contribution in [0.25, 0.3) is 22.4 Å². The van der Waals surface area contributed by atoms with Crippen molar-refractivity contribution in [1.29, 1.82) is 0 Å². The predicted octanol–water partition coefficient (Wildman–Crippen LogP) is 4.11. The molecule has 0 aliphatic heterocycles. The topological polar surface area (TPSA) is 84.2 Å². The van der Waals surface area contributed by atoms with E-state index in [0.29, 0.717) is 33.8 Å². The van der Waals surface area contributed by atoms with E-state index in [1.54, 1.807) is 55.8 Å². The maximum Gasteiger partial charge on any atom is 0.256 e. The number of nitrogens with one attached hydrogen (secondary N) is 2. The van der Waals surface area contributed by atoms with Gasteiger partial charge >= 0.3 is 0 Å². The van der Waals surface area contributed by atoms with E-state index in [4.69, 9.17) is 4.42 Å². The van der Waals surface area contributed by atoms with Crippen molar-refractivity contribution in [3.8, 4) is 11.5 Å². The molecular weight excluding hydrogens is 354 g/mol. The molecule has 6 nitrogen and oxygen atoms in total. The van der Waals surface area contributed by atoms with E-state index in [-0.39, 0.29) is 11.8 Å². The molecule has 0 atom stereocenters. The number of anilines is 1. The number of aromatic nitrogens is 1. The molecule has 28 heavy (non-hydrogen) atoms. The minimum absolute atomic E-state index is 0.217. The highest BCUT2D eigenvalue weighted by atomic mass is 16.3. The summed E-state index contributed by atoms with van der Waals surface area (Å²) in [4.78, 5) is 29.4. The zero-order valence-corrected chi connectivity index (χ0v) is 15.1. The summed E-state index contributed by atoms with van der Waals surface area (Å²) in [5.74, 6) is 0.0763. The predicted molar refractivity (Wildman–Crippen MR) is 107 cm³/mol. The van der Waals surface area contributed by atoms with E-state index in [9.17, 15) is 9.59 Å². The fourth-order valence-corrected chi connectivity index (χ4v) is 2.99. The molecule has 2 amide bonds. The number of pyridine rings is 1. The molecule has 0 spiro atoms. The van der Waals surface area contributed by atoms with Crippen LogP contribution >= 0.6 is 0 Å². The average molecular weight is 371 g/mol. The fourth-order valence-electron chi connectivity index (χ4n) is 2.99. The van der Waals surface area contributed by atoms with Crippen LogP contribution in [0.5, 0.6) is 0 Å². The van der Waals surface area contributed by atoms with Crippen molar-refractivity contribution in [1.82, 2.24) is 10.3 Å². The molecule has 2 aromatic heterocycles. The average Bonchev–Trinajstić information content (AvgIpc) is 3.27. The molecule has 2 N–H and O–H groups in total. The molecule has 2 heterocycles. The molecular formula is C22H17N3O3. The third-order valence-electron chi connectivity index (χ3n) is 4.34. The van der Waals surface area contributed by atoms with Gasteiger partial charge in [-0.2, -0.15) is 0 Å². The summed E-state index contributed by atoms with van der Waals surface area (Å²) < 4.78 is 5.44. The van der Waals surface area contributed by atoms with Crippen molar-refractivity contribution in [2.45, 2.75) is 0 Å². The van der Waals surface area contributed by atoms with Crippen LogP contribution in [0, 0.1) is 0 Å². The Balaban J connectivity index is 1.74. The molecule has 4 rings (SSSR count). The molecule has 0 unspecified atom stereocenters. The molecule has 0 fully saturated rings. The van der Waals surface area contributed by atoms with Crippen LogP contribution in [0.2, 0.25) is 0 Å². The van der Waals surface area contributed by atoms with Gasteiger partial charge in [-0.05, 0) is 42.5 Å². The Morgan fingerprint density at radius 1 is 0.929 bits per heavy atom. The second-order valence-electron chi connectivity index (χ2n) is 6.16. The molecule has 2 aromatic carbocycles. The van der Waals surface area contributed by atoms with Crippen molar-refractivity contribution in [2.75, 3.05) is 12.4 Å². The van der Waals surface area contributed by atoms with Gasteiger partial charge in [-0.25, -0.2) is 4.98 Å². The Hall–Kier alpha value is -3.93. The maximum absolute atomic E-state index is 13.0. The van der Waals surface area contributed by atoms with Crippen LogP contribution in [0.3, 0.4) is 0 Å². The second-order valence-corrected chi connectivity index (χ2v) is 6.16. The van der Waals surface area contributed by atoms with Crippen LogP contribution in [0.4, 0.5) is 5.69 Å². The third kappa shape index (κ3) is 3.35. The summed E-state index contributed by atoms with van der Waals surface area (Å²) in [5.41, 5.74) is 2.75. The smallest absolute Gasteiger partial charge is 0.256 e. The van der Waals surface area contributed by atoms with Crippen molar-refractivity contribution < 1.29 is 14.0 Å². The number of hydrogen-bond donors (Lipinski definition) is 2. The van der Waals surface area contributed by atoms with Gasteiger partial charge in [0.1, 0.15) is 5.69 Å². The first-order valence-electron chi connectivity index (χ1n) is 8.73. The van der Waals surface area contributed by atoms with Gasteiger partial charge < -0.3 is 15.1 Å². The van der Waals surface area contributed by atoms with Crippen molar-refractivity contribution in [3.05, 3.63) is 84.1 Å². The lowest BCUT2D eigenvalue weighted by Gasteiger charge is -2.10. The first-order chi connectivity index (χ1) is 13.7. The van der Waals surface area contributed by atoms with Crippen molar-refractivity contribution in [3.63, 3.8) is 0 Å². The highest BCUT2D eigenvalue weighted by molar-refractivity contribution is 6.13. The SMILES string of the molecule is CNC(=O)c1cccc(NC(=O)c2cc(-c3ccco3)nc3ccccc23)c1. The van der Waals surface area contributed by atoms with E-state index >= 15 is 0 Å². The Morgan fingerprint density at radius 3 is 2.57 bits per heavy atom. The van der Waals surface area contributed by atoms with Crippen LogP contribution in [0.15, 0.2) is 77.4 Å². The summed E-state index contributed by atoms with van der Waals surface area (Å²) in [6.07, 6.45) is 1.57. The van der Waals surface area contributed by atoms with Gasteiger partial charge in [0, 0.05) is 23.7 Å². The number of hydrogen-bond acceptors (Lipinski definition) is 4. The zero-order chi connectivity index (χ0) is 19.5. The van der Waals surface area contributed by atoms with Gasteiger partial charge in [0.15, 0.2) is 5.76 Å². The number of carbonyl (C=O) groups is 2. The first kappa shape index (κ1) is 17.5. The van der Waals surface area contributed by atoms with E-state index in [0.717, 1.165) is 5.39 Å². The fraction of sp³-hybridized carbons (Fsp3) is 0.0455. The number of carbonyl (C=O) groups excluding carboxylic acids is 2. The third-order valence-corrected chi connectivity index (χ3v) is 4.34. The Kier molecular flexibility index (Phi) is 4.60. The number of para-hydroxylation sites is 1. The van der Waals surface area contributed by atoms with Crippen molar-refractivity contribution >= 4 is 28.4 Å². The second kappa shape index (κ2) is 7.36. The standard InChI is InChI=1S/C22H17N3O3/c1-23-21(26)14-6-4-7-15(12-14)24-22(27)17-13-19(20-10-5-11-28-20)25-18-9-3-2-8-16(17)18/h2-13H,1H3,(H,23,26)(H,24,27). The Morgan fingerprint density at radius 2 is 1.79 bits per heavy atom. The Labute approximate surface area is 161 Å². The molecule has 0 bridgehead atoms. The maximum atomic E-state index is 13.0. The van der Waals surface area contributed by atoms with E-state index in [2.05, 4.69) is 15.6 Å². The number of benzene rings is 2. The molecule has 0 aliphatic carbocycles. The van der Waals surface area contributed by atoms with E-state index < -0.39 is 0 Å². The van der Waals surface area contributed by atoms with Gasteiger partial charge in [-0.3, -0.25) is 9.59 Å². The summed E-state index contributed by atoms with van der Waals surface area (Å²) >= 11 is 0. The summed E-state index contributed by atoms with van der Waals surface area (Å²) in [6, 6.07) is 19.5. The molecule has 6 heteroatoms. The number of rotatable bonds is 4. The van der Waals surface area contributed by atoms with Gasteiger partial charge in [-0.1, -0.05) is 24.3 Å². The van der Waals surface area contributed by atoms with Gasteiger partial charge in [0.05, 0.1) is 17.3 Å². The minimum atomic E-state index is -0.291. The molecule has 138 valence electrons. The summed E-state index contributed by atoms with van der Waals surface area (Å²) in [6.45, 7) is 0. The first-order valence-corrected chi connectivity index (χ1v) is 8.73. The molecule has 0 radical (unpaired) electrons. The van der Waals surface area contributed by atoms with Crippen LogP contribution in [-0.2, 0) is 0 Å². The lowest BCUT2D eigenvalue weighted by molar-refractivity contribution is 0.0961. The normalized spacial score (nSPS) is 10.6. The number of fused-ring (bicyclic) bond motifs is 1. The highest BCUT2D eigenvalue weighted by Crippen LogP contribution is 2.26.